The smallest absolute Gasteiger partial charge is 0.203 e. The molecule has 0 bridgehead atoms. The Kier molecular flexibility index (Phi) is 3.79. The summed E-state index contributed by atoms with van der Waals surface area (Å²) in [5, 5.41) is 0. The maximum atomic E-state index is 5.26. The maximum absolute atomic E-state index is 5.26. The average molecular weight is 130 g/mol. The van der Waals surface area contributed by atoms with E-state index < -0.39 is 0 Å². The van der Waals surface area contributed by atoms with Crippen LogP contribution in [0.5, 0.6) is 0 Å². The Labute approximate surface area is 55.3 Å². The van der Waals surface area contributed by atoms with Gasteiger partial charge in [-0.15, -0.1) is 0 Å². The van der Waals surface area contributed by atoms with Gasteiger partial charge >= 0.3 is 0 Å². The summed E-state index contributed by atoms with van der Waals surface area (Å²) in [6.07, 6.45) is 0.975. The summed E-state index contributed by atoms with van der Waals surface area (Å²) in [6, 6.07) is 0.251. The molecule has 0 saturated carbocycles. The summed E-state index contributed by atoms with van der Waals surface area (Å²) in [7, 11) is 0. The summed E-state index contributed by atoms with van der Waals surface area (Å²) in [6.45, 7) is 4.02. The monoisotopic (exact) mass is 130 g/mol. The highest BCUT2D eigenvalue weighted by Gasteiger charge is 1.93. The number of nitrogens with zero attached hydrogens (tertiary/aromatic N) is 1. The van der Waals surface area contributed by atoms with Gasteiger partial charge in [0.25, 0.3) is 0 Å². The molecule has 0 aromatic heterocycles. The molecule has 1 atom stereocenters. The van der Waals surface area contributed by atoms with E-state index in [4.69, 9.17) is 11.6 Å². The van der Waals surface area contributed by atoms with Crippen LogP contribution in [0.25, 0.3) is 0 Å². The Morgan fingerprint density at radius 3 is 2.67 bits per heavy atom. The van der Waals surface area contributed by atoms with E-state index in [-0.39, 0.29) is 6.04 Å². The van der Waals surface area contributed by atoms with Crippen molar-refractivity contribution < 1.29 is 0 Å². The first kappa shape index (κ1) is 8.23. The highest BCUT2D eigenvalue weighted by Crippen LogP contribution is 1.92. The molecular formula is C5H14N4. The van der Waals surface area contributed by atoms with Crippen molar-refractivity contribution in [2.45, 2.75) is 26.3 Å². The van der Waals surface area contributed by atoms with Crippen molar-refractivity contribution in [3.05, 3.63) is 0 Å². The quantitative estimate of drug-likeness (QED) is 0.205. The maximum Gasteiger partial charge on any atom is 0.203 e. The van der Waals surface area contributed by atoms with Gasteiger partial charge in [0.05, 0.1) is 6.04 Å². The van der Waals surface area contributed by atoms with E-state index in [0.717, 1.165) is 6.42 Å². The molecule has 54 valence electrons. The van der Waals surface area contributed by atoms with Gasteiger partial charge < -0.3 is 5.73 Å². The van der Waals surface area contributed by atoms with Crippen LogP contribution in [0, 0.1) is 0 Å². The summed E-state index contributed by atoms with van der Waals surface area (Å²) >= 11 is 0. The van der Waals surface area contributed by atoms with Crippen LogP contribution < -0.4 is 17.0 Å². The molecule has 0 amide bonds. The van der Waals surface area contributed by atoms with E-state index in [2.05, 4.69) is 10.4 Å². The number of aliphatic imine (C=N–C) groups is 1. The van der Waals surface area contributed by atoms with Gasteiger partial charge in [0.2, 0.25) is 5.96 Å². The summed E-state index contributed by atoms with van der Waals surface area (Å²) in [5.74, 6) is 5.26. The fourth-order valence-corrected chi connectivity index (χ4v) is 0.366. The van der Waals surface area contributed by atoms with Gasteiger partial charge in [0.1, 0.15) is 0 Å². The minimum absolute atomic E-state index is 0.251. The first-order valence-corrected chi connectivity index (χ1v) is 3.00. The van der Waals surface area contributed by atoms with Crippen molar-refractivity contribution in [3.63, 3.8) is 0 Å². The molecule has 0 aromatic rings. The molecule has 0 spiro atoms. The first-order chi connectivity index (χ1) is 4.20. The van der Waals surface area contributed by atoms with Crippen LogP contribution in [0.1, 0.15) is 20.3 Å². The molecule has 0 heterocycles. The van der Waals surface area contributed by atoms with Crippen LogP contribution in [0.15, 0.2) is 4.99 Å². The zero-order valence-electron chi connectivity index (χ0n) is 5.89. The van der Waals surface area contributed by atoms with Gasteiger partial charge in [-0.1, -0.05) is 6.92 Å². The lowest BCUT2D eigenvalue weighted by Crippen LogP contribution is -2.37. The van der Waals surface area contributed by atoms with Crippen LogP contribution in [-0.2, 0) is 0 Å². The second-order valence-corrected chi connectivity index (χ2v) is 1.92. The third-order valence-electron chi connectivity index (χ3n) is 1.10. The molecule has 4 nitrogen and oxygen atoms in total. The standard InChI is InChI=1S/C5H14N4/c1-3-4(2)8-5(6)9-7/h4H,3,7H2,1-2H3,(H3,6,8,9). The third-order valence-corrected chi connectivity index (χ3v) is 1.10. The van der Waals surface area contributed by atoms with Crippen LogP contribution in [-0.4, -0.2) is 12.0 Å². The van der Waals surface area contributed by atoms with Gasteiger partial charge in [-0.05, 0) is 13.3 Å². The van der Waals surface area contributed by atoms with Gasteiger partial charge in [-0.25, -0.2) is 10.8 Å². The summed E-state index contributed by atoms with van der Waals surface area (Å²) in [4.78, 5) is 3.97. The molecule has 0 aliphatic rings. The van der Waals surface area contributed by atoms with Crippen LogP contribution in [0.3, 0.4) is 0 Å². The van der Waals surface area contributed by atoms with E-state index in [0.29, 0.717) is 5.96 Å². The Morgan fingerprint density at radius 2 is 2.33 bits per heavy atom. The van der Waals surface area contributed by atoms with Crippen molar-refractivity contribution in [1.29, 1.82) is 0 Å². The summed E-state index contributed by atoms with van der Waals surface area (Å²) < 4.78 is 0. The van der Waals surface area contributed by atoms with Gasteiger partial charge in [-0.3, -0.25) is 5.43 Å². The van der Waals surface area contributed by atoms with Crippen molar-refractivity contribution in [2.24, 2.45) is 16.6 Å². The molecule has 0 rings (SSSR count). The largest absolute Gasteiger partial charge is 0.369 e. The number of hydrogen-bond acceptors (Lipinski definition) is 2. The minimum Gasteiger partial charge on any atom is -0.369 e. The summed E-state index contributed by atoms with van der Waals surface area (Å²) in [5.41, 5.74) is 7.52. The Hall–Kier alpha value is -0.770. The second-order valence-electron chi connectivity index (χ2n) is 1.92. The number of guanidine groups is 1. The lowest BCUT2D eigenvalue weighted by Gasteiger charge is -2.02. The molecule has 0 aromatic carbocycles. The highest BCUT2D eigenvalue weighted by molar-refractivity contribution is 5.77. The molecule has 9 heavy (non-hydrogen) atoms. The predicted octanol–water partition coefficient (Wildman–Crippen LogP) is -0.437. The molecule has 1 unspecified atom stereocenters. The molecule has 5 N–H and O–H groups in total. The molecule has 0 aliphatic carbocycles. The average Bonchev–Trinajstić information content (AvgIpc) is 1.87. The fraction of sp³-hybridized carbons (Fsp3) is 0.800. The lowest BCUT2D eigenvalue weighted by atomic mass is 10.3. The highest BCUT2D eigenvalue weighted by atomic mass is 15.3. The second kappa shape index (κ2) is 4.14. The van der Waals surface area contributed by atoms with E-state index in [1.54, 1.807) is 0 Å². The predicted molar refractivity (Wildman–Crippen MR) is 38.7 cm³/mol. The number of rotatable bonds is 2. The molecule has 0 saturated heterocycles. The normalized spacial score (nSPS) is 15.2. The van der Waals surface area contributed by atoms with Crippen LogP contribution in [0.2, 0.25) is 0 Å². The molecule has 0 radical (unpaired) electrons. The first-order valence-electron chi connectivity index (χ1n) is 3.00. The van der Waals surface area contributed by atoms with E-state index >= 15 is 0 Å². The topological polar surface area (TPSA) is 76.4 Å². The Morgan fingerprint density at radius 1 is 1.78 bits per heavy atom. The third kappa shape index (κ3) is 3.78. The van der Waals surface area contributed by atoms with Crippen molar-refractivity contribution >= 4 is 5.96 Å². The van der Waals surface area contributed by atoms with E-state index in [1.807, 2.05) is 13.8 Å². The van der Waals surface area contributed by atoms with Gasteiger partial charge in [0, 0.05) is 0 Å². The van der Waals surface area contributed by atoms with Crippen LogP contribution >= 0.6 is 0 Å². The lowest BCUT2D eigenvalue weighted by molar-refractivity contribution is 0.708. The number of hydrogen-bond donors (Lipinski definition) is 3. The Bertz CT molecular complexity index is 99.1. The Balaban J connectivity index is 3.64. The number of nitrogens with two attached hydrogens (primary N) is 2. The minimum atomic E-state index is 0.251. The zero-order chi connectivity index (χ0) is 7.28. The number of hydrazine groups is 1. The van der Waals surface area contributed by atoms with E-state index in [1.165, 1.54) is 0 Å². The van der Waals surface area contributed by atoms with Crippen molar-refractivity contribution in [3.8, 4) is 0 Å². The number of nitrogens with one attached hydrogen (secondary N) is 1. The van der Waals surface area contributed by atoms with Crippen molar-refractivity contribution in [2.75, 3.05) is 0 Å². The van der Waals surface area contributed by atoms with Gasteiger partial charge in [-0.2, -0.15) is 0 Å². The van der Waals surface area contributed by atoms with E-state index in [9.17, 15) is 0 Å². The molecule has 0 aliphatic heterocycles. The molecule has 0 fully saturated rings. The zero-order valence-corrected chi connectivity index (χ0v) is 5.89. The fourth-order valence-electron chi connectivity index (χ4n) is 0.366. The SMILES string of the molecule is CCC(C)N=C(N)NN. The molecular weight excluding hydrogens is 116 g/mol. The van der Waals surface area contributed by atoms with Crippen LogP contribution in [0.4, 0.5) is 0 Å². The van der Waals surface area contributed by atoms with Gasteiger partial charge in [0.15, 0.2) is 0 Å². The van der Waals surface area contributed by atoms with Crippen molar-refractivity contribution in [1.82, 2.24) is 5.43 Å². The molecule has 4 heteroatoms.